The monoisotopic (exact) mass is 186 g/mol. The Morgan fingerprint density at radius 2 is 2.23 bits per heavy atom. The standard InChI is InChI=1S/C8H18N4O/c1-6(13)7(9)4-3-5-12-8(10)11-2/h7H,3-5,9H2,1-2H3,(H3,10,11,12). The molecule has 0 rings (SSSR count). The smallest absolute Gasteiger partial charge is 0.188 e. The summed E-state index contributed by atoms with van der Waals surface area (Å²) in [5, 5.41) is 2.89. The van der Waals surface area contributed by atoms with Crippen molar-refractivity contribution in [3.8, 4) is 0 Å². The average molecular weight is 186 g/mol. The van der Waals surface area contributed by atoms with Gasteiger partial charge in [-0.1, -0.05) is 0 Å². The van der Waals surface area contributed by atoms with Crippen molar-refractivity contribution in [1.29, 1.82) is 0 Å². The topological polar surface area (TPSA) is 93.5 Å². The zero-order chi connectivity index (χ0) is 10.3. The van der Waals surface area contributed by atoms with Crippen molar-refractivity contribution in [3.05, 3.63) is 0 Å². The van der Waals surface area contributed by atoms with E-state index in [9.17, 15) is 4.79 Å². The van der Waals surface area contributed by atoms with Crippen LogP contribution in [0.2, 0.25) is 0 Å². The Morgan fingerprint density at radius 1 is 1.62 bits per heavy atom. The molecule has 1 atom stereocenters. The van der Waals surface area contributed by atoms with Crippen LogP contribution in [0.25, 0.3) is 0 Å². The van der Waals surface area contributed by atoms with Crippen LogP contribution in [0.3, 0.4) is 0 Å². The quantitative estimate of drug-likeness (QED) is 0.298. The molecule has 0 aromatic rings. The number of rotatable bonds is 5. The first-order chi connectivity index (χ1) is 6.07. The van der Waals surface area contributed by atoms with Crippen molar-refractivity contribution >= 4 is 11.7 Å². The summed E-state index contributed by atoms with van der Waals surface area (Å²) in [5.41, 5.74) is 10.9. The number of nitrogens with two attached hydrogens (primary N) is 2. The van der Waals surface area contributed by atoms with Crippen LogP contribution in [0.15, 0.2) is 4.99 Å². The zero-order valence-electron chi connectivity index (χ0n) is 8.21. The van der Waals surface area contributed by atoms with E-state index in [2.05, 4.69) is 10.3 Å². The molecule has 0 bridgehead atoms. The summed E-state index contributed by atoms with van der Waals surface area (Å²) >= 11 is 0. The fourth-order valence-electron chi connectivity index (χ4n) is 0.821. The van der Waals surface area contributed by atoms with E-state index in [1.54, 1.807) is 7.05 Å². The molecule has 0 saturated carbocycles. The molecule has 0 saturated heterocycles. The number of hydrogen-bond acceptors (Lipinski definition) is 3. The number of nitrogens with zero attached hydrogens (tertiary/aromatic N) is 1. The van der Waals surface area contributed by atoms with Crippen LogP contribution in [0.5, 0.6) is 0 Å². The SMILES string of the molecule is CN=C(N)NCCCC(N)C(C)=O. The van der Waals surface area contributed by atoms with E-state index in [0.29, 0.717) is 18.9 Å². The minimum absolute atomic E-state index is 0.0251. The average Bonchev–Trinajstić information content (AvgIpc) is 2.11. The van der Waals surface area contributed by atoms with Crippen LogP contribution in [0, 0.1) is 0 Å². The van der Waals surface area contributed by atoms with E-state index >= 15 is 0 Å². The van der Waals surface area contributed by atoms with Gasteiger partial charge >= 0.3 is 0 Å². The molecule has 0 spiro atoms. The van der Waals surface area contributed by atoms with Crippen molar-refractivity contribution in [2.24, 2.45) is 16.5 Å². The van der Waals surface area contributed by atoms with Crippen molar-refractivity contribution < 1.29 is 4.79 Å². The largest absolute Gasteiger partial charge is 0.370 e. The second-order valence-electron chi connectivity index (χ2n) is 2.89. The second-order valence-corrected chi connectivity index (χ2v) is 2.89. The normalized spacial score (nSPS) is 13.9. The van der Waals surface area contributed by atoms with Crippen molar-refractivity contribution in [2.45, 2.75) is 25.8 Å². The minimum atomic E-state index is -0.346. The van der Waals surface area contributed by atoms with E-state index in [-0.39, 0.29) is 11.8 Å². The summed E-state index contributed by atoms with van der Waals surface area (Å²) in [5.74, 6) is 0.438. The summed E-state index contributed by atoms with van der Waals surface area (Å²) < 4.78 is 0. The van der Waals surface area contributed by atoms with Gasteiger partial charge < -0.3 is 16.8 Å². The maximum absolute atomic E-state index is 10.7. The molecule has 0 amide bonds. The highest BCUT2D eigenvalue weighted by Crippen LogP contribution is 1.93. The summed E-state index contributed by atoms with van der Waals surface area (Å²) in [6, 6.07) is -0.346. The van der Waals surface area contributed by atoms with E-state index in [1.807, 2.05) is 0 Å². The molecule has 76 valence electrons. The van der Waals surface area contributed by atoms with Crippen LogP contribution < -0.4 is 16.8 Å². The summed E-state index contributed by atoms with van der Waals surface area (Å²) in [6.07, 6.45) is 1.50. The first-order valence-electron chi connectivity index (χ1n) is 4.30. The van der Waals surface area contributed by atoms with Crippen LogP contribution in [-0.2, 0) is 4.79 Å². The lowest BCUT2D eigenvalue weighted by molar-refractivity contribution is -0.118. The third kappa shape index (κ3) is 6.10. The van der Waals surface area contributed by atoms with Gasteiger partial charge in [0.25, 0.3) is 0 Å². The van der Waals surface area contributed by atoms with Crippen LogP contribution in [0.1, 0.15) is 19.8 Å². The van der Waals surface area contributed by atoms with E-state index in [1.165, 1.54) is 6.92 Å². The molecule has 0 aromatic heterocycles. The summed E-state index contributed by atoms with van der Waals surface area (Å²) in [7, 11) is 1.61. The molecule has 0 heterocycles. The Hall–Kier alpha value is -1.10. The van der Waals surface area contributed by atoms with Gasteiger partial charge in [0.2, 0.25) is 0 Å². The molecular weight excluding hydrogens is 168 g/mol. The van der Waals surface area contributed by atoms with Crippen molar-refractivity contribution in [3.63, 3.8) is 0 Å². The highest BCUT2D eigenvalue weighted by molar-refractivity contribution is 5.81. The van der Waals surface area contributed by atoms with Gasteiger partial charge in [-0.15, -0.1) is 0 Å². The zero-order valence-corrected chi connectivity index (χ0v) is 8.21. The van der Waals surface area contributed by atoms with Crippen molar-refractivity contribution in [1.82, 2.24) is 5.32 Å². The van der Waals surface area contributed by atoms with E-state index in [4.69, 9.17) is 11.5 Å². The summed E-state index contributed by atoms with van der Waals surface area (Å²) in [6.45, 7) is 2.20. The van der Waals surface area contributed by atoms with Gasteiger partial charge in [-0.05, 0) is 19.8 Å². The Bertz CT molecular complexity index is 191. The Labute approximate surface area is 78.6 Å². The van der Waals surface area contributed by atoms with Gasteiger partial charge in [-0.25, -0.2) is 0 Å². The molecule has 5 heteroatoms. The molecule has 0 aliphatic carbocycles. The molecule has 5 nitrogen and oxygen atoms in total. The molecule has 1 unspecified atom stereocenters. The number of Topliss-reactive ketones (excluding diaryl/α,β-unsaturated/α-hetero) is 1. The number of ketones is 1. The molecule has 0 radical (unpaired) electrons. The molecule has 0 aliphatic rings. The lowest BCUT2D eigenvalue weighted by atomic mass is 10.1. The van der Waals surface area contributed by atoms with Gasteiger partial charge in [0.15, 0.2) is 5.96 Å². The second kappa shape index (κ2) is 6.42. The Balaban J connectivity index is 3.41. The highest BCUT2D eigenvalue weighted by Gasteiger charge is 2.06. The fraction of sp³-hybridized carbons (Fsp3) is 0.750. The predicted octanol–water partition coefficient (Wildman–Crippen LogP) is -0.783. The third-order valence-corrected chi connectivity index (χ3v) is 1.76. The molecule has 13 heavy (non-hydrogen) atoms. The third-order valence-electron chi connectivity index (χ3n) is 1.76. The van der Waals surface area contributed by atoms with Crippen LogP contribution in [0.4, 0.5) is 0 Å². The van der Waals surface area contributed by atoms with E-state index in [0.717, 1.165) is 6.42 Å². The molecule has 5 N–H and O–H groups in total. The van der Waals surface area contributed by atoms with Gasteiger partial charge in [-0.2, -0.15) is 0 Å². The molecule has 0 aliphatic heterocycles. The number of aliphatic imine (C=N–C) groups is 1. The number of carbonyl (C=O) groups excluding carboxylic acids is 1. The van der Waals surface area contributed by atoms with Gasteiger partial charge in [-0.3, -0.25) is 9.79 Å². The fourth-order valence-corrected chi connectivity index (χ4v) is 0.821. The number of nitrogens with one attached hydrogen (secondary N) is 1. The lowest BCUT2D eigenvalue weighted by Gasteiger charge is -2.08. The van der Waals surface area contributed by atoms with Gasteiger partial charge in [0.05, 0.1) is 6.04 Å². The number of carbonyl (C=O) groups is 1. The maximum atomic E-state index is 10.7. The lowest BCUT2D eigenvalue weighted by Crippen LogP contribution is -2.34. The molecule has 0 fully saturated rings. The first kappa shape index (κ1) is 11.9. The first-order valence-corrected chi connectivity index (χ1v) is 4.30. The minimum Gasteiger partial charge on any atom is -0.370 e. The number of guanidine groups is 1. The number of hydrogen-bond donors (Lipinski definition) is 3. The van der Waals surface area contributed by atoms with Gasteiger partial charge in [0.1, 0.15) is 5.78 Å². The Kier molecular flexibility index (Phi) is 5.88. The maximum Gasteiger partial charge on any atom is 0.188 e. The summed E-state index contributed by atoms with van der Waals surface area (Å²) in [4.78, 5) is 14.5. The van der Waals surface area contributed by atoms with E-state index < -0.39 is 0 Å². The van der Waals surface area contributed by atoms with Gasteiger partial charge in [0, 0.05) is 13.6 Å². The Morgan fingerprint density at radius 3 is 2.69 bits per heavy atom. The highest BCUT2D eigenvalue weighted by atomic mass is 16.1. The van der Waals surface area contributed by atoms with Crippen LogP contribution >= 0.6 is 0 Å². The molecule has 0 aromatic carbocycles. The molecular formula is C8H18N4O. The van der Waals surface area contributed by atoms with Crippen LogP contribution in [-0.4, -0.2) is 31.4 Å². The van der Waals surface area contributed by atoms with Crippen molar-refractivity contribution in [2.75, 3.05) is 13.6 Å². The predicted molar refractivity (Wildman–Crippen MR) is 53.4 cm³/mol.